The zero-order valence-electron chi connectivity index (χ0n) is 11.7. The molecule has 2 aromatic heterocycles. The third kappa shape index (κ3) is 4.45. The molecule has 20 heavy (non-hydrogen) atoms. The van der Waals surface area contributed by atoms with E-state index in [1.165, 1.54) is 0 Å². The molecule has 4 nitrogen and oxygen atoms in total. The monoisotopic (exact) mass is 402 g/mol. The van der Waals surface area contributed by atoms with Crippen molar-refractivity contribution in [1.29, 1.82) is 0 Å². The molecule has 0 saturated carbocycles. The standard InChI is InChI=1S/2C7H8BrNO/c2*1-4-3-6(8)9-5(2)7(4)10/h2*3,10H,1-2H3. The molecule has 2 rings (SSSR count). The molecule has 0 amide bonds. The van der Waals surface area contributed by atoms with E-state index in [9.17, 15) is 10.2 Å². The van der Waals surface area contributed by atoms with Gasteiger partial charge in [0.25, 0.3) is 0 Å². The maximum Gasteiger partial charge on any atom is 0.139 e. The SMILES string of the molecule is Cc1cc(Br)nc(C)c1O.Cc1cc(Br)nc(C)c1O. The summed E-state index contributed by atoms with van der Waals surface area (Å²) in [5, 5.41) is 18.5. The van der Waals surface area contributed by atoms with Crippen molar-refractivity contribution in [2.45, 2.75) is 27.7 Å². The van der Waals surface area contributed by atoms with E-state index in [0.717, 1.165) is 20.3 Å². The minimum absolute atomic E-state index is 0.281. The number of pyridine rings is 2. The molecule has 0 spiro atoms. The molecule has 0 atom stereocenters. The van der Waals surface area contributed by atoms with Crippen LogP contribution in [0.15, 0.2) is 21.3 Å². The molecule has 0 aliphatic carbocycles. The average Bonchev–Trinajstić information content (AvgIpc) is 2.33. The van der Waals surface area contributed by atoms with Gasteiger partial charge in [-0.3, -0.25) is 0 Å². The van der Waals surface area contributed by atoms with Crippen LogP contribution in [-0.2, 0) is 0 Å². The average molecular weight is 404 g/mol. The lowest BCUT2D eigenvalue weighted by atomic mass is 10.2. The van der Waals surface area contributed by atoms with E-state index in [1.54, 1.807) is 26.0 Å². The van der Waals surface area contributed by atoms with Gasteiger partial charge >= 0.3 is 0 Å². The van der Waals surface area contributed by atoms with Gasteiger partial charge in [-0.1, -0.05) is 0 Å². The van der Waals surface area contributed by atoms with Crippen LogP contribution in [0.25, 0.3) is 0 Å². The number of hydrogen-bond donors (Lipinski definition) is 2. The lowest BCUT2D eigenvalue weighted by Crippen LogP contribution is -1.85. The van der Waals surface area contributed by atoms with E-state index in [2.05, 4.69) is 41.8 Å². The lowest BCUT2D eigenvalue weighted by Gasteiger charge is -2.01. The summed E-state index contributed by atoms with van der Waals surface area (Å²) < 4.78 is 1.53. The van der Waals surface area contributed by atoms with Gasteiger partial charge in [-0.15, -0.1) is 0 Å². The van der Waals surface area contributed by atoms with Gasteiger partial charge in [-0.05, 0) is 82.8 Å². The van der Waals surface area contributed by atoms with Gasteiger partial charge in [0.1, 0.15) is 20.7 Å². The predicted molar refractivity (Wildman–Crippen MR) is 86.2 cm³/mol. The Morgan fingerprint density at radius 1 is 0.750 bits per heavy atom. The van der Waals surface area contributed by atoms with Crippen molar-refractivity contribution in [3.8, 4) is 11.5 Å². The second kappa shape index (κ2) is 7.04. The van der Waals surface area contributed by atoms with Crippen LogP contribution in [0, 0.1) is 27.7 Å². The summed E-state index contributed by atoms with van der Waals surface area (Å²) in [5.41, 5.74) is 3.01. The number of halogens is 2. The van der Waals surface area contributed by atoms with Crippen LogP contribution in [-0.4, -0.2) is 20.2 Å². The Morgan fingerprint density at radius 2 is 1.05 bits per heavy atom. The molecule has 0 aromatic carbocycles. The molecule has 0 saturated heterocycles. The zero-order chi connectivity index (χ0) is 15.4. The van der Waals surface area contributed by atoms with Crippen molar-refractivity contribution in [3.63, 3.8) is 0 Å². The fourth-order valence-corrected chi connectivity index (χ4v) is 2.77. The van der Waals surface area contributed by atoms with E-state index in [4.69, 9.17) is 0 Å². The number of aromatic nitrogens is 2. The second-order valence-corrected chi connectivity index (χ2v) is 6.02. The molecular weight excluding hydrogens is 388 g/mol. The second-order valence-electron chi connectivity index (χ2n) is 4.39. The Hall–Kier alpha value is -1.14. The van der Waals surface area contributed by atoms with Crippen LogP contribution in [0.4, 0.5) is 0 Å². The Labute approximate surface area is 135 Å². The number of hydrogen-bond acceptors (Lipinski definition) is 4. The summed E-state index contributed by atoms with van der Waals surface area (Å²) in [4.78, 5) is 8.00. The highest BCUT2D eigenvalue weighted by atomic mass is 79.9. The molecule has 2 heterocycles. The first-order valence-corrected chi connectivity index (χ1v) is 7.46. The molecule has 2 N–H and O–H groups in total. The van der Waals surface area contributed by atoms with Crippen LogP contribution in [0.5, 0.6) is 11.5 Å². The lowest BCUT2D eigenvalue weighted by molar-refractivity contribution is 0.462. The summed E-state index contributed by atoms with van der Waals surface area (Å²) in [6.07, 6.45) is 0. The highest BCUT2D eigenvalue weighted by Gasteiger charge is 2.02. The molecule has 108 valence electrons. The summed E-state index contributed by atoms with van der Waals surface area (Å²) >= 11 is 6.45. The largest absolute Gasteiger partial charge is 0.506 e. The van der Waals surface area contributed by atoms with Crippen molar-refractivity contribution in [2.24, 2.45) is 0 Å². The number of aryl methyl sites for hydroxylation is 4. The summed E-state index contributed by atoms with van der Waals surface area (Å²) in [7, 11) is 0. The van der Waals surface area contributed by atoms with Crippen LogP contribution >= 0.6 is 31.9 Å². The minimum atomic E-state index is 0.281. The molecule has 6 heteroatoms. The molecule has 2 aromatic rings. The summed E-state index contributed by atoms with van der Waals surface area (Å²) in [5.74, 6) is 0.561. The number of nitrogens with zero attached hydrogens (tertiary/aromatic N) is 2. The van der Waals surface area contributed by atoms with Crippen LogP contribution < -0.4 is 0 Å². The molecule has 0 unspecified atom stereocenters. The van der Waals surface area contributed by atoms with E-state index < -0.39 is 0 Å². The Kier molecular flexibility index (Phi) is 5.95. The number of aromatic hydroxyl groups is 2. The first-order valence-electron chi connectivity index (χ1n) is 5.87. The molecule has 0 fully saturated rings. The minimum Gasteiger partial charge on any atom is -0.506 e. The van der Waals surface area contributed by atoms with E-state index in [0.29, 0.717) is 11.4 Å². The third-order valence-electron chi connectivity index (χ3n) is 2.65. The molecule has 0 radical (unpaired) electrons. The van der Waals surface area contributed by atoms with Crippen LogP contribution in [0.1, 0.15) is 22.5 Å². The fourth-order valence-electron chi connectivity index (χ4n) is 1.56. The Morgan fingerprint density at radius 3 is 1.30 bits per heavy atom. The summed E-state index contributed by atoms with van der Waals surface area (Å²) in [6.45, 7) is 7.23. The molecule has 0 bridgehead atoms. The first-order chi connectivity index (χ1) is 9.22. The van der Waals surface area contributed by atoms with Crippen molar-refractivity contribution in [2.75, 3.05) is 0 Å². The van der Waals surface area contributed by atoms with Crippen LogP contribution in [0.3, 0.4) is 0 Å². The maximum absolute atomic E-state index is 9.25. The summed E-state index contributed by atoms with van der Waals surface area (Å²) in [6, 6.07) is 3.56. The Balaban J connectivity index is 0.000000200. The van der Waals surface area contributed by atoms with Gasteiger partial charge in [0.2, 0.25) is 0 Å². The highest BCUT2D eigenvalue weighted by molar-refractivity contribution is 9.10. The topological polar surface area (TPSA) is 66.2 Å². The van der Waals surface area contributed by atoms with E-state index in [1.807, 2.05) is 13.8 Å². The van der Waals surface area contributed by atoms with Gasteiger partial charge < -0.3 is 10.2 Å². The predicted octanol–water partition coefficient (Wildman–Crippen LogP) is 4.33. The third-order valence-corrected chi connectivity index (χ3v) is 3.47. The normalized spacial score (nSPS) is 9.90. The van der Waals surface area contributed by atoms with Crippen molar-refractivity contribution in [1.82, 2.24) is 9.97 Å². The van der Waals surface area contributed by atoms with E-state index in [-0.39, 0.29) is 11.5 Å². The Bertz CT molecular complexity index is 529. The smallest absolute Gasteiger partial charge is 0.139 e. The quantitative estimate of drug-likeness (QED) is 0.642. The molecular formula is C14H16Br2N2O2. The van der Waals surface area contributed by atoms with Crippen molar-refractivity contribution < 1.29 is 10.2 Å². The van der Waals surface area contributed by atoms with Gasteiger partial charge in [0.15, 0.2) is 0 Å². The number of rotatable bonds is 0. The fraction of sp³-hybridized carbons (Fsp3) is 0.286. The first kappa shape index (κ1) is 16.9. The molecule has 0 aliphatic heterocycles. The van der Waals surface area contributed by atoms with Gasteiger partial charge in [0, 0.05) is 0 Å². The van der Waals surface area contributed by atoms with Gasteiger partial charge in [0.05, 0.1) is 11.4 Å². The van der Waals surface area contributed by atoms with Crippen molar-refractivity contribution in [3.05, 3.63) is 43.9 Å². The highest BCUT2D eigenvalue weighted by Crippen LogP contribution is 2.22. The maximum atomic E-state index is 9.25. The van der Waals surface area contributed by atoms with Gasteiger partial charge in [-0.25, -0.2) is 9.97 Å². The molecule has 0 aliphatic rings. The van der Waals surface area contributed by atoms with Crippen LogP contribution in [0.2, 0.25) is 0 Å². The van der Waals surface area contributed by atoms with Crippen molar-refractivity contribution >= 4 is 31.9 Å². The van der Waals surface area contributed by atoms with E-state index >= 15 is 0 Å². The van der Waals surface area contributed by atoms with Gasteiger partial charge in [-0.2, -0.15) is 0 Å². The zero-order valence-corrected chi connectivity index (χ0v) is 14.9.